The SMILES string of the molecule is Cc1oc(C(=O)O)cc1S(=O)(=O)N(C)CC1CC1C. The fraction of sp³-hybridized carbons (Fsp3) is 0.583. The molecule has 0 saturated heterocycles. The largest absolute Gasteiger partial charge is 0.475 e. The normalized spacial score (nSPS) is 22.7. The van der Waals surface area contributed by atoms with Crippen LogP contribution in [0, 0.1) is 18.8 Å². The highest BCUT2D eigenvalue weighted by Gasteiger charge is 2.37. The maximum atomic E-state index is 12.3. The maximum absolute atomic E-state index is 12.3. The lowest BCUT2D eigenvalue weighted by molar-refractivity contribution is 0.0661. The molecule has 1 aliphatic rings. The second-order valence-corrected chi connectivity index (χ2v) is 7.11. The number of aryl methyl sites for hydroxylation is 1. The molecule has 2 unspecified atom stereocenters. The first kappa shape index (κ1) is 14.1. The van der Waals surface area contributed by atoms with Crippen LogP contribution >= 0.6 is 0 Å². The van der Waals surface area contributed by atoms with Crippen LogP contribution in [0.15, 0.2) is 15.4 Å². The van der Waals surface area contributed by atoms with Crippen molar-refractivity contribution in [3.05, 3.63) is 17.6 Å². The van der Waals surface area contributed by atoms with Crippen LogP contribution in [0.1, 0.15) is 29.7 Å². The van der Waals surface area contributed by atoms with E-state index in [1.807, 2.05) is 0 Å². The summed E-state index contributed by atoms with van der Waals surface area (Å²) in [6, 6.07) is 1.07. The van der Waals surface area contributed by atoms with Crippen LogP contribution in [0.25, 0.3) is 0 Å². The summed E-state index contributed by atoms with van der Waals surface area (Å²) in [5.74, 6) is -0.580. The highest BCUT2D eigenvalue weighted by Crippen LogP contribution is 2.39. The zero-order chi connectivity index (χ0) is 14.4. The first-order chi connectivity index (χ1) is 8.73. The van der Waals surface area contributed by atoms with Gasteiger partial charge in [-0.2, -0.15) is 0 Å². The molecule has 1 fully saturated rings. The number of carbonyl (C=O) groups is 1. The van der Waals surface area contributed by atoms with Crippen LogP contribution in [0.5, 0.6) is 0 Å². The molecule has 0 bridgehead atoms. The lowest BCUT2D eigenvalue weighted by atomic mass is 10.3. The minimum absolute atomic E-state index is 0.0688. The van der Waals surface area contributed by atoms with E-state index in [1.54, 1.807) is 0 Å². The first-order valence-electron chi connectivity index (χ1n) is 6.03. The van der Waals surface area contributed by atoms with Gasteiger partial charge in [-0.05, 0) is 25.2 Å². The molecule has 1 heterocycles. The average molecular weight is 287 g/mol. The molecule has 1 aliphatic carbocycles. The van der Waals surface area contributed by atoms with Crippen molar-refractivity contribution >= 4 is 16.0 Å². The molecule has 2 atom stereocenters. The summed E-state index contributed by atoms with van der Waals surface area (Å²) in [6.07, 6.45) is 1.03. The van der Waals surface area contributed by atoms with Crippen molar-refractivity contribution in [3.8, 4) is 0 Å². The molecular formula is C12H17NO5S. The quantitative estimate of drug-likeness (QED) is 0.888. The van der Waals surface area contributed by atoms with E-state index in [1.165, 1.54) is 18.3 Å². The number of sulfonamides is 1. The lowest BCUT2D eigenvalue weighted by Gasteiger charge is -2.16. The van der Waals surface area contributed by atoms with E-state index >= 15 is 0 Å². The Balaban J connectivity index is 2.25. The number of carboxylic acids is 1. The van der Waals surface area contributed by atoms with Gasteiger partial charge in [0.25, 0.3) is 0 Å². The maximum Gasteiger partial charge on any atom is 0.371 e. The second kappa shape index (κ2) is 4.64. The van der Waals surface area contributed by atoms with Crippen molar-refractivity contribution in [3.63, 3.8) is 0 Å². The Morgan fingerprint density at radius 3 is 2.58 bits per heavy atom. The molecule has 0 amide bonds. The van der Waals surface area contributed by atoms with E-state index in [2.05, 4.69) is 6.92 Å². The van der Waals surface area contributed by atoms with Gasteiger partial charge in [0.2, 0.25) is 15.8 Å². The minimum Gasteiger partial charge on any atom is -0.475 e. The van der Waals surface area contributed by atoms with Crippen molar-refractivity contribution in [1.82, 2.24) is 4.31 Å². The van der Waals surface area contributed by atoms with Crippen LogP contribution in [-0.2, 0) is 10.0 Å². The van der Waals surface area contributed by atoms with Gasteiger partial charge in [0.05, 0.1) is 0 Å². The lowest BCUT2D eigenvalue weighted by Crippen LogP contribution is -2.29. The standard InChI is InChI=1S/C12H17NO5S/c1-7-4-9(7)6-13(3)19(16,17)11-5-10(12(14)15)18-8(11)2/h5,7,9H,4,6H2,1-3H3,(H,14,15). The minimum atomic E-state index is -3.68. The molecule has 0 spiro atoms. The Morgan fingerprint density at radius 1 is 1.58 bits per heavy atom. The van der Waals surface area contributed by atoms with E-state index in [4.69, 9.17) is 9.52 Å². The predicted octanol–water partition coefficient (Wildman–Crippen LogP) is 1.56. The van der Waals surface area contributed by atoms with Crippen LogP contribution in [-0.4, -0.2) is 37.4 Å². The molecule has 0 aliphatic heterocycles. The van der Waals surface area contributed by atoms with Gasteiger partial charge in [-0.15, -0.1) is 0 Å². The number of hydrogen-bond donors (Lipinski definition) is 1. The third-order valence-electron chi connectivity index (χ3n) is 3.54. The fourth-order valence-corrected chi connectivity index (χ4v) is 3.46. The van der Waals surface area contributed by atoms with Gasteiger partial charge in [0, 0.05) is 19.7 Å². The van der Waals surface area contributed by atoms with E-state index in [0.29, 0.717) is 18.4 Å². The molecule has 6 nitrogen and oxygen atoms in total. The average Bonchev–Trinajstić information content (AvgIpc) is 2.84. The van der Waals surface area contributed by atoms with Gasteiger partial charge in [-0.1, -0.05) is 6.92 Å². The fourth-order valence-electron chi connectivity index (χ4n) is 2.08. The van der Waals surface area contributed by atoms with Gasteiger partial charge in [0.15, 0.2) is 0 Å². The number of hydrogen-bond acceptors (Lipinski definition) is 4. The number of carboxylic acid groups (broad SMARTS) is 1. The summed E-state index contributed by atoms with van der Waals surface area (Å²) in [4.78, 5) is 10.7. The summed E-state index contributed by atoms with van der Waals surface area (Å²) < 4.78 is 30.9. The van der Waals surface area contributed by atoms with Crippen LogP contribution in [0.2, 0.25) is 0 Å². The van der Waals surface area contributed by atoms with Crippen molar-refractivity contribution in [2.75, 3.05) is 13.6 Å². The van der Waals surface area contributed by atoms with E-state index in [-0.39, 0.29) is 16.4 Å². The third kappa shape index (κ3) is 2.66. The molecule has 1 N–H and O–H groups in total. The summed E-state index contributed by atoms with van der Waals surface area (Å²) in [6.45, 7) is 3.99. The molecule has 2 rings (SSSR count). The molecule has 19 heavy (non-hydrogen) atoms. The molecule has 0 radical (unpaired) electrons. The summed E-state index contributed by atoms with van der Waals surface area (Å²) >= 11 is 0. The highest BCUT2D eigenvalue weighted by molar-refractivity contribution is 7.89. The molecular weight excluding hydrogens is 270 g/mol. The topological polar surface area (TPSA) is 87.8 Å². The zero-order valence-corrected chi connectivity index (χ0v) is 11.9. The molecule has 7 heteroatoms. The second-order valence-electron chi connectivity index (χ2n) is 5.09. The predicted molar refractivity (Wildman–Crippen MR) is 67.5 cm³/mol. The monoisotopic (exact) mass is 287 g/mol. The van der Waals surface area contributed by atoms with Crippen molar-refractivity contribution < 1.29 is 22.7 Å². The highest BCUT2D eigenvalue weighted by atomic mass is 32.2. The number of furan rings is 1. The van der Waals surface area contributed by atoms with Gasteiger partial charge in [-0.3, -0.25) is 0 Å². The Hall–Kier alpha value is -1.34. The van der Waals surface area contributed by atoms with Gasteiger partial charge < -0.3 is 9.52 Å². The number of aromatic carboxylic acids is 1. The third-order valence-corrected chi connectivity index (χ3v) is 5.47. The van der Waals surface area contributed by atoms with Gasteiger partial charge in [0.1, 0.15) is 10.7 Å². The van der Waals surface area contributed by atoms with Gasteiger partial charge in [-0.25, -0.2) is 17.5 Å². The van der Waals surface area contributed by atoms with E-state index in [0.717, 1.165) is 12.5 Å². The molecule has 1 aromatic rings. The van der Waals surface area contributed by atoms with Crippen LogP contribution < -0.4 is 0 Å². The van der Waals surface area contributed by atoms with E-state index < -0.39 is 16.0 Å². The summed E-state index contributed by atoms with van der Waals surface area (Å²) in [5, 5.41) is 8.81. The number of nitrogens with zero attached hydrogens (tertiary/aromatic N) is 1. The Bertz CT molecular complexity index is 604. The summed E-state index contributed by atoms with van der Waals surface area (Å²) in [5.41, 5.74) is 0. The van der Waals surface area contributed by atoms with Crippen molar-refractivity contribution in [2.45, 2.75) is 25.2 Å². The first-order valence-corrected chi connectivity index (χ1v) is 7.47. The smallest absolute Gasteiger partial charge is 0.371 e. The Kier molecular flexibility index (Phi) is 3.44. The van der Waals surface area contributed by atoms with Crippen molar-refractivity contribution in [1.29, 1.82) is 0 Å². The van der Waals surface area contributed by atoms with Crippen molar-refractivity contribution in [2.24, 2.45) is 11.8 Å². The van der Waals surface area contributed by atoms with Gasteiger partial charge >= 0.3 is 5.97 Å². The molecule has 1 saturated carbocycles. The summed E-state index contributed by atoms with van der Waals surface area (Å²) in [7, 11) is -2.18. The molecule has 1 aromatic heterocycles. The molecule has 0 aromatic carbocycles. The Labute approximate surface area is 112 Å². The van der Waals surface area contributed by atoms with E-state index in [9.17, 15) is 13.2 Å². The van der Waals surface area contributed by atoms with Crippen LogP contribution in [0.3, 0.4) is 0 Å². The molecule has 106 valence electrons. The Morgan fingerprint density at radius 2 is 2.16 bits per heavy atom. The number of rotatable bonds is 5. The van der Waals surface area contributed by atoms with Crippen LogP contribution in [0.4, 0.5) is 0 Å². The zero-order valence-electron chi connectivity index (χ0n) is 11.1.